The second-order valence-electron chi connectivity index (χ2n) is 8.98. The van der Waals surface area contributed by atoms with Gasteiger partial charge in [0.25, 0.3) is 0 Å². The number of carbonyl (C=O) groups is 1. The fourth-order valence-electron chi connectivity index (χ4n) is 6.19. The van der Waals surface area contributed by atoms with Crippen molar-refractivity contribution in [2.24, 2.45) is 17.8 Å². The number of rotatable bonds is 5. The monoisotopic (exact) mass is 406 g/mol. The normalized spacial score (nSPS) is 29.3. The highest BCUT2D eigenvalue weighted by molar-refractivity contribution is 5.82. The van der Waals surface area contributed by atoms with Gasteiger partial charge < -0.3 is 9.64 Å². The molecule has 3 aliphatic rings. The zero-order valence-electron chi connectivity index (χ0n) is 17.1. The zero-order valence-corrected chi connectivity index (χ0v) is 17.1. The predicted molar refractivity (Wildman–Crippen MR) is 112 cm³/mol. The molecule has 1 amide bonds. The van der Waals surface area contributed by atoms with E-state index in [2.05, 4.69) is 19.1 Å². The van der Waals surface area contributed by atoms with E-state index in [0.29, 0.717) is 19.6 Å². The van der Waals surface area contributed by atoms with Crippen LogP contribution >= 0.6 is 0 Å². The maximum absolute atomic E-state index is 12.9. The van der Waals surface area contributed by atoms with E-state index in [1.165, 1.54) is 5.56 Å². The lowest BCUT2D eigenvalue weighted by molar-refractivity contribution is -0.491. The average Bonchev–Trinajstić information content (AvgIpc) is 3.16. The number of hydrogen-bond acceptors (Lipinski definition) is 4. The van der Waals surface area contributed by atoms with Gasteiger partial charge in [-0.05, 0) is 47.6 Å². The molecule has 30 heavy (non-hydrogen) atoms. The number of carbonyl (C=O) groups excluding carboxylic acids is 1. The quantitative estimate of drug-likeness (QED) is 0.559. The summed E-state index contributed by atoms with van der Waals surface area (Å²) in [5.74, 6) is 1.05. The standard InChI is InChI=1S/C24H26N2O4/c1-16-13-24-21-11-19(30-15-17-5-3-2-4-6-17)8-7-18(21)9-10-25(24)23(27)12-22(24)20(16)14-26(28)29/h2-8,11,16,20,22H,9-10,12-15H2,1H3/t16-,20+,22-,24-/m0/s1. The molecule has 6 heteroatoms. The largest absolute Gasteiger partial charge is 0.489 e. The molecule has 1 saturated heterocycles. The maximum atomic E-state index is 12.9. The van der Waals surface area contributed by atoms with Crippen molar-refractivity contribution in [3.05, 3.63) is 75.3 Å². The molecule has 1 saturated carbocycles. The second kappa shape index (κ2) is 7.11. The average molecular weight is 406 g/mol. The summed E-state index contributed by atoms with van der Waals surface area (Å²) in [7, 11) is 0. The molecule has 4 atom stereocenters. The van der Waals surface area contributed by atoms with Crippen molar-refractivity contribution in [3.8, 4) is 5.75 Å². The summed E-state index contributed by atoms with van der Waals surface area (Å²) in [6.07, 6.45) is 2.03. The SMILES string of the molecule is C[C@H]1C[C@@]23c4cc(OCc5ccccc5)ccc4CCN2C(=O)C[C@H]3[C@@H]1C[N+](=O)[O-]. The Labute approximate surface area is 176 Å². The zero-order chi connectivity index (χ0) is 20.9. The molecule has 1 aliphatic carbocycles. The Balaban J connectivity index is 1.51. The summed E-state index contributed by atoms with van der Waals surface area (Å²) < 4.78 is 6.09. The minimum Gasteiger partial charge on any atom is -0.489 e. The highest BCUT2D eigenvalue weighted by Crippen LogP contribution is 2.61. The fourth-order valence-corrected chi connectivity index (χ4v) is 6.19. The van der Waals surface area contributed by atoms with Crippen molar-refractivity contribution < 1.29 is 14.5 Å². The van der Waals surface area contributed by atoms with E-state index in [1.807, 2.05) is 41.3 Å². The summed E-state index contributed by atoms with van der Waals surface area (Å²) >= 11 is 0. The summed E-state index contributed by atoms with van der Waals surface area (Å²) in [5.41, 5.74) is 3.07. The Morgan fingerprint density at radius 3 is 2.80 bits per heavy atom. The van der Waals surface area contributed by atoms with Gasteiger partial charge in [0.15, 0.2) is 0 Å². The molecule has 0 aromatic heterocycles. The summed E-state index contributed by atoms with van der Waals surface area (Å²) in [6.45, 7) is 3.23. The van der Waals surface area contributed by atoms with Crippen LogP contribution in [0.1, 0.15) is 36.5 Å². The molecule has 5 rings (SSSR count). The third-order valence-corrected chi connectivity index (χ3v) is 7.43. The van der Waals surface area contributed by atoms with Crippen LogP contribution in [-0.2, 0) is 23.4 Å². The van der Waals surface area contributed by atoms with Gasteiger partial charge in [0.2, 0.25) is 12.5 Å². The third-order valence-electron chi connectivity index (χ3n) is 7.43. The lowest BCUT2D eigenvalue weighted by Gasteiger charge is -2.44. The van der Waals surface area contributed by atoms with Crippen LogP contribution in [0.5, 0.6) is 5.75 Å². The van der Waals surface area contributed by atoms with Crippen molar-refractivity contribution in [3.63, 3.8) is 0 Å². The van der Waals surface area contributed by atoms with Crippen LogP contribution in [0, 0.1) is 27.9 Å². The third kappa shape index (κ3) is 2.89. The molecule has 2 heterocycles. The van der Waals surface area contributed by atoms with E-state index in [-0.39, 0.29) is 35.1 Å². The Kier molecular flexibility index (Phi) is 4.53. The molecule has 156 valence electrons. The first-order valence-electron chi connectivity index (χ1n) is 10.7. The molecule has 6 nitrogen and oxygen atoms in total. The minimum atomic E-state index is -0.420. The van der Waals surface area contributed by atoms with Crippen LogP contribution in [-0.4, -0.2) is 28.8 Å². The number of amides is 1. The molecule has 0 radical (unpaired) electrons. The first-order valence-corrected chi connectivity index (χ1v) is 10.7. The van der Waals surface area contributed by atoms with Crippen LogP contribution in [0.4, 0.5) is 0 Å². The second-order valence-corrected chi connectivity index (χ2v) is 8.98. The fraction of sp³-hybridized carbons (Fsp3) is 0.458. The van der Waals surface area contributed by atoms with Crippen molar-refractivity contribution >= 4 is 5.91 Å². The number of benzene rings is 2. The van der Waals surface area contributed by atoms with Gasteiger partial charge in [-0.2, -0.15) is 0 Å². The van der Waals surface area contributed by atoms with Crippen molar-refractivity contribution in [2.75, 3.05) is 13.1 Å². The van der Waals surface area contributed by atoms with E-state index in [0.717, 1.165) is 29.7 Å². The number of hydrogen-bond donors (Lipinski definition) is 0. The van der Waals surface area contributed by atoms with Crippen molar-refractivity contribution in [1.82, 2.24) is 4.90 Å². The van der Waals surface area contributed by atoms with Gasteiger partial charge in [0.1, 0.15) is 12.4 Å². The Morgan fingerprint density at radius 2 is 2.03 bits per heavy atom. The van der Waals surface area contributed by atoms with E-state index < -0.39 is 5.54 Å². The molecule has 0 unspecified atom stereocenters. The van der Waals surface area contributed by atoms with Gasteiger partial charge in [-0.1, -0.05) is 43.3 Å². The number of nitro groups is 1. The predicted octanol–water partition coefficient (Wildman–Crippen LogP) is 3.80. The van der Waals surface area contributed by atoms with Crippen LogP contribution in [0.15, 0.2) is 48.5 Å². The highest BCUT2D eigenvalue weighted by Gasteiger charge is 2.64. The van der Waals surface area contributed by atoms with E-state index >= 15 is 0 Å². The Bertz CT molecular complexity index is 992. The molecular formula is C24H26N2O4. The van der Waals surface area contributed by atoms with Gasteiger partial charge in [-0.25, -0.2) is 0 Å². The van der Waals surface area contributed by atoms with Crippen LogP contribution < -0.4 is 4.74 Å². The maximum Gasteiger partial charge on any atom is 0.223 e. The molecule has 0 N–H and O–H groups in total. The molecule has 0 bridgehead atoms. The van der Waals surface area contributed by atoms with Crippen LogP contribution in [0.25, 0.3) is 0 Å². The first-order chi connectivity index (χ1) is 14.5. The molecule has 1 spiro atoms. The number of fused-ring (bicyclic) bond motifs is 1. The summed E-state index contributed by atoms with van der Waals surface area (Å²) in [4.78, 5) is 26.0. The van der Waals surface area contributed by atoms with E-state index in [9.17, 15) is 14.9 Å². The lowest BCUT2D eigenvalue weighted by atomic mass is 9.74. The molecule has 2 aliphatic heterocycles. The Morgan fingerprint density at radius 1 is 1.23 bits per heavy atom. The van der Waals surface area contributed by atoms with Gasteiger partial charge in [0, 0.05) is 29.7 Å². The number of nitrogens with zero attached hydrogens (tertiary/aromatic N) is 2. The molecular weight excluding hydrogens is 380 g/mol. The van der Waals surface area contributed by atoms with Gasteiger partial charge in [0.05, 0.1) is 5.54 Å². The topological polar surface area (TPSA) is 72.7 Å². The number of ether oxygens (including phenoxy) is 1. The molecule has 2 aromatic carbocycles. The van der Waals surface area contributed by atoms with Gasteiger partial charge in [-0.3, -0.25) is 14.9 Å². The van der Waals surface area contributed by atoms with Crippen LogP contribution in [0.3, 0.4) is 0 Å². The van der Waals surface area contributed by atoms with Crippen molar-refractivity contribution in [1.29, 1.82) is 0 Å². The molecule has 2 aromatic rings. The van der Waals surface area contributed by atoms with E-state index in [1.54, 1.807) is 0 Å². The summed E-state index contributed by atoms with van der Waals surface area (Å²) in [6, 6.07) is 16.3. The summed E-state index contributed by atoms with van der Waals surface area (Å²) in [5, 5.41) is 11.3. The van der Waals surface area contributed by atoms with Crippen molar-refractivity contribution in [2.45, 2.75) is 38.3 Å². The lowest BCUT2D eigenvalue weighted by Crippen LogP contribution is -2.49. The first kappa shape index (κ1) is 19.1. The van der Waals surface area contributed by atoms with Gasteiger partial charge >= 0.3 is 0 Å². The minimum absolute atomic E-state index is 0.00572. The smallest absolute Gasteiger partial charge is 0.223 e. The van der Waals surface area contributed by atoms with Gasteiger partial charge in [-0.15, -0.1) is 0 Å². The highest BCUT2D eigenvalue weighted by atomic mass is 16.6. The van der Waals surface area contributed by atoms with E-state index in [4.69, 9.17) is 4.74 Å². The van der Waals surface area contributed by atoms with Crippen LogP contribution in [0.2, 0.25) is 0 Å². The molecule has 2 fully saturated rings. The Hall–Kier alpha value is -2.89.